The summed E-state index contributed by atoms with van der Waals surface area (Å²) in [4.78, 5) is 0. The van der Waals surface area contributed by atoms with Crippen molar-refractivity contribution in [3.8, 4) is 0 Å². The zero-order valence-corrected chi connectivity index (χ0v) is 21.5. The lowest BCUT2D eigenvalue weighted by Crippen LogP contribution is -2.64. The van der Waals surface area contributed by atoms with E-state index in [1.54, 1.807) is 12.5 Å². The molecule has 6 heteroatoms. The van der Waals surface area contributed by atoms with Crippen molar-refractivity contribution < 1.29 is 29.2 Å². The Morgan fingerprint density at radius 2 is 1.77 bits per heavy atom. The third kappa shape index (κ3) is 3.78. The molecular weight excluding hydrogens is 444 g/mol. The summed E-state index contributed by atoms with van der Waals surface area (Å²) in [6, 6.07) is 2.00. The summed E-state index contributed by atoms with van der Waals surface area (Å²) in [6.07, 6.45) is 14.9. The minimum Gasteiger partial charge on any atom is -0.472 e. The highest BCUT2D eigenvalue weighted by Gasteiger charge is 2.72. The topological polar surface area (TPSA) is 92.3 Å². The number of fused-ring (bicyclic) bond motifs is 5. The molecule has 3 N–H and O–H groups in total. The van der Waals surface area contributed by atoms with Gasteiger partial charge in [0.05, 0.1) is 24.2 Å². The minimum absolute atomic E-state index is 0.103. The number of allylic oxidation sites excluding steroid dienone is 1. The van der Waals surface area contributed by atoms with Gasteiger partial charge in [0.1, 0.15) is 5.60 Å². The maximum atomic E-state index is 12.6. The fourth-order valence-corrected chi connectivity index (χ4v) is 8.68. The van der Waals surface area contributed by atoms with Gasteiger partial charge in [-0.15, -0.1) is 0 Å². The number of rotatable bonds is 9. The van der Waals surface area contributed by atoms with E-state index in [9.17, 15) is 10.2 Å². The number of aliphatic hydroxyl groups is 3. The number of furan rings is 1. The van der Waals surface area contributed by atoms with Crippen molar-refractivity contribution in [2.24, 2.45) is 22.7 Å². The lowest BCUT2D eigenvalue weighted by Gasteiger charge is -2.63. The van der Waals surface area contributed by atoms with E-state index in [1.807, 2.05) is 6.07 Å². The molecule has 0 unspecified atom stereocenters. The van der Waals surface area contributed by atoms with Crippen molar-refractivity contribution in [1.29, 1.82) is 0 Å². The van der Waals surface area contributed by atoms with Gasteiger partial charge in [0.2, 0.25) is 0 Å². The molecule has 6 nitrogen and oxygen atoms in total. The second-order valence-corrected chi connectivity index (χ2v) is 11.9. The van der Waals surface area contributed by atoms with E-state index in [0.29, 0.717) is 32.0 Å². The monoisotopic (exact) mass is 488 g/mol. The molecule has 196 valence electrons. The molecule has 1 aromatic rings. The van der Waals surface area contributed by atoms with Crippen LogP contribution in [0.1, 0.15) is 83.6 Å². The molecule has 7 atom stereocenters. The lowest BCUT2D eigenvalue weighted by molar-refractivity contribution is -0.236. The van der Waals surface area contributed by atoms with Crippen LogP contribution >= 0.6 is 0 Å². The zero-order valence-electron chi connectivity index (χ0n) is 21.5. The van der Waals surface area contributed by atoms with Gasteiger partial charge in [-0.25, -0.2) is 0 Å². The second-order valence-electron chi connectivity index (χ2n) is 11.9. The highest BCUT2D eigenvalue weighted by molar-refractivity contribution is 5.33. The van der Waals surface area contributed by atoms with Gasteiger partial charge in [0.25, 0.3) is 0 Å². The number of hydrogen-bond acceptors (Lipinski definition) is 6. The summed E-state index contributed by atoms with van der Waals surface area (Å²) in [6.45, 7) is 6.04. The lowest BCUT2D eigenvalue weighted by atomic mass is 9.44. The van der Waals surface area contributed by atoms with Crippen molar-refractivity contribution in [3.05, 3.63) is 35.8 Å². The Bertz CT molecular complexity index is 897. The molecule has 3 fully saturated rings. The maximum absolute atomic E-state index is 12.6. The van der Waals surface area contributed by atoms with E-state index >= 15 is 0 Å². The molecule has 3 saturated carbocycles. The molecule has 0 spiro atoms. The summed E-state index contributed by atoms with van der Waals surface area (Å²) in [5.74, 6) is 0.696. The molecule has 4 aliphatic rings. The molecular formula is C29H44O6. The van der Waals surface area contributed by atoms with Crippen LogP contribution in [0.3, 0.4) is 0 Å². The van der Waals surface area contributed by atoms with Gasteiger partial charge < -0.3 is 29.2 Å². The van der Waals surface area contributed by atoms with Crippen LogP contribution in [0.2, 0.25) is 0 Å². The van der Waals surface area contributed by atoms with Gasteiger partial charge in [0, 0.05) is 37.4 Å². The van der Waals surface area contributed by atoms with E-state index in [4.69, 9.17) is 19.0 Å². The molecule has 0 bridgehead atoms. The Morgan fingerprint density at radius 3 is 2.51 bits per heavy atom. The van der Waals surface area contributed by atoms with Gasteiger partial charge in [-0.05, 0) is 87.5 Å². The van der Waals surface area contributed by atoms with Crippen molar-refractivity contribution in [1.82, 2.24) is 0 Å². The minimum atomic E-state index is -0.796. The second kappa shape index (κ2) is 9.60. The molecule has 35 heavy (non-hydrogen) atoms. The first-order valence-electron chi connectivity index (χ1n) is 13.8. The molecule has 0 aliphatic heterocycles. The normalized spacial score (nSPS) is 42.8. The maximum Gasteiger partial charge on any atom is 0.104 e. The SMILES string of the molecule is C[C@]12CC[C@H]3[C@@H](CCC4=C[C@@H](OCCCO)CC[C@@]43C)[C@@]1(O)CC[C@]2(OCCCO)c1ccoc1. The highest BCUT2D eigenvalue weighted by Crippen LogP contribution is 2.72. The number of ether oxygens (including phenoxy) is 2. The first-order chi connectivity index (χ1) is 16.8. The molecule has 0 aromatic carbocycles. The van der Waals surface area contributed by atoms with E-state index in [-0.39, 0.29) is 30.7 Å². The molecule has 0 amide bonds. The van der Waals surface area contributed by atoms with Crippen molar-refractivity contribution >= 4 is 0 Å². The van der Waals surface area contributed by atoms with Crippen LogP contribution in [-0.2, 0) is 15.1 Å². The predicted molar refractivity (Wildman–Crippen MR) is 133 cm³/mol. The van der Waals surface area contributed by atoms with Crippen LogP contribution < -0.4 is 0 Å². The van der Waals surface area contributed by atoms with Crippen LogP contribution in [0.15, 0.2) is 34.7 Å². The zero-order chi connectivity index (χ0) is 24.7. The summed E-state index contributed by atoms with van der Waals surface area (Å²) in [5, 5.41) is 31.1. The van der Waals surface area contributed by atoms with E-state index in [2.05, 4.69) is 19.9 Å². The average Bonchev–Trinajstić information content (AvgIpc) is 3.46. The predicted octanol–water partition coefficient (Wildman–Crippen LogP) is 4.72. The molecule has 5 rings (SSSR count). The fraction of sp³-hybridized carbons (Fsp3) is 0.793. The Hall–Kier alpha value is -1.18. The smallest absolute Gasteiger partial charge is 0.104 e. The van der Waals surface area contributed by atoms with Gasteiger partial charge in [0.15, 0.2) is 0 Å². The number of hydrogen-bond donors (Lipinski definition) is 3. The van der Waals surface area contributed by atoms with Gasteiger partial charge in [-0.2, -0.15) is 0 Å². The van der Waals surface area contributed by atoms with Crippen molar-refractivity contribution in [2.75, 3.05) is 26.4 Å². The molecule has 0 saturated heterocycles. The Balaban J connectivity index is 1.43. The van der Waals surface area contributed by atoms with Crippen LogP contribution in [0.4, 0.5) is 0 Å². The summed E-state index contributed by atoms with van der Waals surface area (Å²) in [5.41, 5.74) is 0.845. The van der Waals surface area contributed by atoms with Crippen LogP contribution in [-0.4, -0.2) is 53.5 Å². The Morgan fingerprint density at radius 1 is 0.971 bits per heavy atom. The van der Waals surface area contributed by atoms with E-state index in [1.165, 1.54) is 5.57 Å². The first kappa shape index (κ1) is 25.5. The largest absolute Gasteiger partial charge is 0.472 e. The van der Waals surface area contributed by atoms with E-state index < -0.39 is 16.6 Å². The summed E-state index contributed by atoms with van der Waals surface area (Å²) in [7, 11) is 0. The first-order valence-corrected chi connectivity index (χ1v) is 13.8. The molecule has 4 aliphatic carbocycles. The quantitative estimate of drug-likeness (QED) is 0.344. The molecule has 0 radical (unpaired) electrons. The third-order valence-electron chi connectivity index (χ3n) is 10.6. The summed E-state index contributed by atoms with van der Waals surface area (Å²) >= 11 is 0. The summed E-state index contributed by atoms with van der Waals surface area (Å²) < 4.78 is 18.2. The molecule has 1 aromatic heterocycles. The fourth-order valence-electron chi connectivity index (χ4n) is 8.68. The van der Waals surface area contributed by atoms with Gasteiger partial charge in [-0.3, -0.25) is 0 Å². The number of aliphatic hydroxyl groups excluding tert-OH is 2. The van der Waals surface area contributed by atoms with Gasteiger partial charge >= 0.3 is 0 Å². The van der Waals surface area contributed by atoms with Crippen molar-refractivity contribution in [3.63, 3.8) is 0 Å². The Labute approximate surface area is 209 Å². The van der Waals surface area contributed by atoms with Gasteiger partial charge in [-0.1, -0.05) is 25.5 Å². The Kier molecular flexibility index (Phi) is 6.99. The van der Waals surface area contributed by atoms with E-state index in [0.717, 1.165) is 56.9 Å². The molecule has 1 heterocycles. The van der Waals surface area contributed by atoms with Crippen LogP contribution in [0.25, 0.3) is 0 Å². The standard InChI is InChI=1S/C29H44O6/c1-26-10-7-23(34-16-3-14-30)19-21(26)5-6-25-24(26)8-11-27(2)28(25,32)12-13-29(27,35-17-4-15-31)22-9-18-33-20-22/h9,18-20,23-25,30-32H,3-8,10-17H2,1-2H3/t23-,24-,25+,26-,27-,28-,29-/m0/s1. The van der Waals surface area contributed by atoms with Crippen molar-refractivity contribution in [2.45, 2.75) is 95.4 Å². The highest BCUT2D eigenvalue weighted by atomic mass is 16.5. The van der Waals surface area contributed by atoms with Crippen LogP contribution in [0, 0.1) is 22.7 Å². The third-order valence-corrected chi connectivity index (χ3v) is 10.6. The average molecular weight is 489 g/mol. The van der Waals surface area contributed by atoms with Crippen LogP contribution in [0.5, 0.6) is 0 Å².